The molecule has 2 N–H and O–H groups in total. The van der Waals surface area contributed by atoms with Crippen molar-refractivity contribution in [1.82, 2.24) is 10.2 Å². The zero-order valence-electron chi connectivity index (χ0n) is 18.9. The molecule has 0 bridgehead atoms. The Bertz CT molecular complexity index is 1010. The van der Waals surface area contributed by atoms with E-state index >= 15 is 0 Å². The lowest BCUT2D eigenvalue weighted by Crippen LogP contribution is -2.58. The van der Waals surface area contributed by atoms with Gasteiger partial charge in [-0.3, -0.25) is 9.59 Å². The van der Waals surface area contributed by atoms with Gasteiger partial charge in [-0.15, -0.1) is 0 Å². The summed E-state index contributed by atoms with van der Waals surface area (Å²) in [5.74, 6) is -0.871. The van der Waals surface area contributed by atoms with E-state index in [0.29, 0.717) is 30.6 Å². The number of hydrogen-bond donors (Lipinski definition) is 2. The van der Waals surface area contributed by atoms with Gasteiger partial charge in [0.05, 0.1) is 10.6 Å². The minimum absolute atomic E-state index is 0.0406. The first-order valence-corrected chi connectivity index (χ1v) is 11.1. The van der Waals surface area contributed by atoms with Gasteiger partial charge in [0.15, 0.2) is 0 Å². The molecule has 1 fully saturated rings. The zero-order valence-corrected chi connectivity index (χ0v) is 19.7. The van der Waals surface area contributed by atoms with Gasteiger partial charge in [0.2, 0.25) is 5.91 Å². The van der Waals surface area contributed by atoms with Crippen molar-refractivity contribution in [2.75, 3.05) is 13.1 Å². The second-order valence-electron chi connectivity index (χ2n) is 9.82. The van der Waals surface area contributed by atoms with Crippen LogP contribution in [0.2, 0.25) is 5.02 Å². The van der Waals surface area contributed by atoms with E-state index in [-0.39, 0.29) is 23.3 Å². The number of nitrogens with zero attached hydrogens (tertiary/aromatic N) is 1. The van der Waals surface area contributed by atoms with Gasteiger partial charge in [0.25, 0.3) is 5.91 Å². The summed E-state index contributed by atoms with van der Waals surface area (Å²) in [4.78, 5) is 27.3. The van der Waals surface area contributed by atoms with Gasteiger partial charge in [-0.05, 0) is 50.1 Å². The van der Waals surface area contributed by atoms with E-state index in [1.807, 2.05) is 33.8 Å². The fraction of sp³-hybridized carbons (Fsp3) is 0.440. The highest BCUT2D eigenvalue weighted by molar-refractivity contribution is 6.30. The molecule has 7 heteroatoms. The fourth-order valence-electron chi connectivity index (χ4n) is 4.33. The summed E-state index contributed by atoms with van der Waals surface area (Å²) in [6.45, 7) is 8.06. The molecule has 0 radical (unpaired) electrons. The molecule has 1 heterocycles. The van der Waals surface area contributed by atoms with Crippen molar-refractivity contribution in [3.05, 3.63) is 70.5 Å². The topological polar surface area (TPSA) is 69.6 Å². The largest absolute Gasteiger partial charge is 0.384 e. The maximum atomic E-state index is 13.6. The maximum Gasteiger partial charge on any atom is 0.251 e. The molecule has 3 rings (SSSR count). The predicted molar refractivity (Wildman–Crippen MR) is 123 cm³/mol. The number of piperidine rings is 1. The number of amides is 2. The summed E-state index contributed by atoms with van der Waals surface area (Å²) >= 11 is 5.94. The maximum absolute atomic E-state index is 13.6. The van der Waals surface area contributed by atoms with Crippen molar-refractivity contribution in [3.63, 3.8) is 0 Å². The van der Waals surface area contributed by atoms with Gasteiger partial charge < -0.3 is 15.3 Å². The van der Waals surface area contributed by atoms with E-state index in [9.17, 15) is 19.1 Å². The first kappa shape index (κ1) is 24.2. The molecule has 32 heavy (non-hydrogen) atoms. The first-order valence-electron chi connectivity index (χ1n) is 10.7. The van der Waals surface area contributed by atoms with Crippen molar-refractivity contribution in [2.45, 2.75) is 51.7 Å². The Labute approximate surface area is 193 Å². The van der Waals surface area contributed by atoms with Crippen molar-refractivity contribution in [1.29, 1.82) is 0 Å². The van der Waals surface area contributed by atoms with Gasteiger partial charge in [0.1, 0.15) is 5.82 Å². The molecule has 0 aliphatic carbocycles. The van der Waals surface area contributed by atoms with E-state index in [1.165, 1.54) is 12.1 Å². The summed E-state index contributed by atoms with van der Waals surface area (Å²) in [7, 11) is 0. The van der Waals surface area contributed by atoms with Gasteiger partial charge >= 0.3 is 0 Å². The van der Waals surface area contributed by atoms with Crippen LogP contribution in [0.15, 0.2) is 48.5 Å². The van der Waals surface area contributed by atoms with Crippen molar-refractivity contribution < 1.29 is 19.1 Å². The SMILES string of the molecule is CC(C)(CC(=O)N1CCC(O)(c2ccc(F)c(Cl)c2)C(C)(C)C1)NC(=O)c1ccccc1. The van der Waals surface area contributed by atoms with Gasteiger partial charge in [0, 0.05) is 36.0 Å². The summed E-state index contributed by atoms with van der Waals surface area (Å²) in [5, 5.41) is 14.4. The minimum Gasteiger partial charge on any atom is -0.384 e. The van der Waals surface area contributed by atoms with Crippen LogP contribution in [-0.4, -0.2) is 40.4 Å². The number of carbonyl (C=O) groups is 2. The molecular formula is C25H30ClFN2O3. The third kappa shape index (κ3) is 4.97. The molecule has 1 unspecified atom stereocenters. The van der Waals surface area contributed by atoms with Gasteiger partial charge in [-0.1, -0.05) is 49.7 Å². The molecule has 1 aliphatic heterocycles. The summed E-state index contributed by atoms with van der Waals surface area (Å²) in [6.07, 6.45) is 0.424. The molecule has 0 saturated carbocycles. The number of halogens is 2. The summed E-state index contributed by atoms with van der Waals surface area (Å²) in [5.41, 5.74) is -1.61. The Balaban J connectivity index is 1.69. The molecule has 2 amide bonds. The number of carbonyl (C=O) groups excluding carboxylic acids is 2. The van der Waals surface area contributed by atoms with Crippen molar-refractivity contribution in [2.24, 2.45) is 5.41 Å². The van der Waals surface area contributed by atoms with Crippen LogP contribution in [0.1, 0.15) is 56.5 Å². The second-order valence-corrected chi connectivity index (χ2v) is 10.2. The standard InChI is InChI=1S/C25H30ClFN2O3/c1-23(2)16-29(13-12-25(23,32)18-10-11-20(27)19(26)14-18)21(30)15-24(3,4)28-22(31)17-8-6-5-7-9-17/h5-11,14,32H,12-13,15-16H2,1-4H3,(H,28,31). The van der Waals surface area contributed by atoms with Gasteiger partial charge in [-0.25, -0.2) is 4.39 Å². The average molecular weight is 461 g/mol. The van der Waals surface area contributed by atoms with E-state index in [4.69, 9.17) is 11.6 Å². The summed E-state index contributed by atoms with van der Waals surface area (Å²) < 4.78 is 13.6. The third-order valence-corrected chi connectivity index (χ3v) is 6.57. The Morgan fingerprint density at radius 3 is 2.44 bits per heavy atom. The van der Waals surface area contributed by atoms with Crippen LogP contribution < -0.4 is 5.32 Å². The van der Waals surface area contributed by atoms with Crippen LogP contribution in [0.25, 0.3) is 0 Å². The lowest BCUT2D eigenvalue weighted by Gasteiger charge is -2.51. The minimum atomic E-state index is -1.25. The van der Waals surface area contributed by atoms with E-state index in [2.05, 4.69) is 5.32 Å². The average Bonchev–Trinajstić information content (AvgIpc) is 2.71. The lowest BCUT2D eigenvalue weighted by atomic mass is 9.66. The van der Waals surface area contributed by atoms with E-state index in [1.54, 1.807) is 35.2 Å². The molecule has 0 spiro atoms. The number of rotatable bonds is 5. The third-order valence-electron chi connectivity index (χ3n) is 6.28. The first-order chi connectivity index (χ1) is 14.8. The van der Waals surface area contributed by atoms with Crippen LogP contribution in [0.5, 0.6) is 0 Å². The Hall–Kier alpha value is -2.44. The molecule has 2 aromatic carbocycles. The van der Waals surface area contributed by atoms with E-state index in [0.717, 1.165) is 0 Å². The highest BCUT2D eigenvalue weighted by Gasteiger charge is 2.50. The molecule has 1 saturated heterocycles. The molecule has 0 aromatic heterocycles. The molecule has 2 aromatic rings. The number of nitrogens with one attached hydrogen (secondary N) is 1. The molecule has 1 atom stereocenters. The highest BCUT2D eigenvalue weighted by Crippen LogP contribution is 2.46. The van der Waals surface area contributed by atoms with Crippen LogP contribution in [0.4, 0.5) is 4.39 Å². The number of likely N-dealkylation sites (tertiary alicyclic amines) is 1. The monoisotopic (exact) mass is 460 g/mol. The number of hydrogen-bond acceptors (Lipinski definition) is 3. The predicted octanol–water partition coefficient (Wildman–Crippen LogP) is 4.52. The van der Waals surface area contributed by atoms with Crippen LogP contribution >= 0.6 is 11.6 Å². The lowest BCUT2D eigenvalue weighted by molar-refractivity contribution is -0.154. The van der Waals surface area contributed by atoms with Crippen LogP contribution in [-0.2, 0) is 10.4 Å². The second kappa shape index (κ2) is 8.83. The molecule has 172 valence electrons. The Morgan fingerprint density at radius 2 is 1.84 bits per heavy atom. The van der Waals surface area contributed by atoms with E-state index < -0.39 is 22.4 Å². The van der Waals surface area contributed by atoms with Gasteiger partial charge in [-0.2, -0.15) is 0 Å². The zero-order chi connectivity index (χ0) is 23.7. The fourth-order valence-corrected chi connectivity index (χ4v) is 4.51. The van der Waals surface area contributed by atoms with Crippen LogP contribution in [0, 0.1) is 11.2 Å². The summed E-state index contributed by atoms with van der Waals surface area (Å²) in [6, 6.07) is 13.1. The smallest absolute Gasteiger partial charge is 0.251 e. The Kier molecular flexibility index (Phi) is 6.68. The highest BCUT2D eigenvalue weighted by atomic mass is 35.5. The normalized spacial score (nSPS) is 20.7. The molecular weight excluding hydrogens is 431 g/mol. The number of aliphatic hydroxyl groups is 1. The molecule has 5 nitrogen and oxygen atoms in total. The molecule has 1 aliphatic rings. The Morgan fingerprint density at radius 1 is 1.19 bits per heavy atom. The van der Waals surface area contributed by atoms with Crippen molar-refractivity contribution in [3.8, 4) is 0 Å². The quantitative estimate of drug-likeness (QED) is 0.689. The van der Waals surface area contributed by atoms with Crippen LogP contribution in [0.3, 0.4) is 0 Å². The van der Waals surface area contributed by atoms with Crippen molar-refractivity contribution >= 4 is 23.4 Å². The number of benzene rings is 2.